The van der Waals surface area contributed by atoms with E-state index in [0.717, 1.165) is 30.6 Å². The number of esters is 1. The smallest absolute Gasteiger partial charge is 0.311 e. The van der Waals surface area contributed by atoms with E-state index in [4.69, 9.17) is 4.74 Å². The molecule has 0 bridgehead atoms. The Morgan fingerprint density at radius 1 is 1.36 bits per heavy atom. The minimum Gasteiger partial charge on any atom is -0.469 e. The third-order valence-corrected chi connectivity index (χ3v) is 5.63. The number of likely N-dealkylation sites (N-methyl/N-ethyl adjacent to an activating group) is 1. The van der Waals surface area contributed by atoms with Crippen molar-refractivity contribution in [3.05, 3.63) is 29.8 Å². The second kappa shape index (κ2) is 4.56. The molecule has 2 saturated heterocycles. The van der Waals surface area contributed by atoms with Crippen LogP contribution >= 0.6 is 0 Å². The minimum absolute atomic E-state index is 0.00787. The summed E-state index contributed by atoms with van der Waals surface area (Å²) >= 11 is 0. The summed E-state index contributed by atoms with van der Waals surface area (Å²) in [5, 5.41) is 0. The number of para-hydroxylation sites is 1. The highest BCUT2D eigenvalue weighted by molar-refractivity contribution is 6.10. The van der Waals surface area contributed by atoms with Crippen LogP contribution in [0.15, 0.2) is 24.3 Å². The number of rotatable bonds is 1. The van der Waals surface area contributed by atoms with Crippen molar-refractivity contribution >= 4 is 17.6 Å². The third kappa shape index (κ3) is 1.42. The van der Waals surface area contributed by atoms with Crippen LogP contribution in [0.4, 0.5) is 5.69 Å². The largest absolute Gasteiger partial charge is 0.469 e. The summed E-state index contributed by atoms with van der Waals surface area (Å²) < 4.78 is 5.05. The Morgan fingerprint density at radius 3 is 2.91 bits per heavy atom. The number of fused-ring (bicyclic) bond motifs is 4. The monoisotopic (exact) mass is 300 g/mol. The molecular formula is C17H20N2O3. The van der Waals surface area contributed by atoms with Gasteiger partial charge in [-0.25, -0.2) is 0 Å². The molecule has 22 heavy (non-hydrogen) atoms. The van der Waals surface area contributed by atoms with Gasteiger partial charge in [0.15, 0.2) is 0 Å². The highest BCUT2D eigenvalue weighted by Crippen LogP contribution is 2.56. The first-order valence-corrected chi connectivity index (χ1v) is 7.84. The van der Waals surface area contributed by atoms with Gasteiger partial charge in [0.1, 0.15) is 5.54 Å². The van der Waals surface area contributed by atoms with Crippen LogP contribution in [0.2, 0.25) is 0 Å². The SMILES string of the molecule is COC(=O)[C@@H]1C[C@H]2CCCN2[C@@]12C(=O)N(C)c1ccccc12. The number of hydrogen-bond acceptors (Lipinski definition) is 4. The Kier molecular flexibility index (Phi) is 2.85. The van der Waals surface area contributed by atoms with Gasteiger partial charge in [0.2, 0.25) is 0 Å². The molecule has 0 radical (unpaired) electrons. The van der Waals surface area contributed by atoms with Crippen molar-refractivity contribution in [2.45, 2.75) is 30.8 Å². The molecule has 5 heteroatoms. The maximum absolute atomic E-state index is 13.2. The van der Waals surface area contributed by atoms with E-state index in [1.807, 2.05) is 24.3 Å². The Bertz CT molecular complexity index is 659. The molecule has 5 nitrogen and oxygen atoms in total. The van der Waals surface area contributed by atoms with Crippen molar-refractivity contribution < 1.29 is 14.3 Å². The van der Waals surface area contributed by atoms with Gasteiger partial charge in [-0.3, -0.25) is 14.5 Å². The number of anilines is 1. The van der Waals surface area contributed by atoms with E-state index in [2.05, 4.69) is 4.90 Å². The second-order valence-corrected chi connectivity index (χ2v) is 6.45. The van der Waals surface area contributed by atoms with E-state index in [9.17, 15) is 9.59 Å². The highest BCUT2D eigenvalue weighted by Gasteiger charge is 2.67. The van der Waals surface area contributed by atoms with Gasteiger partial charge in [0.25, 0.3) is 5.91 Å². The lowest BCUT2D eigenvalue weighted by Crippen LogP contribution is -2.54. The molecule has 2 fully saturated rings. The lowest BCUT2D eigenvalue weighted by atomic mass is 9.79. The Morgan fingerprint density at radius 2 is 2.14 bits per heavy atom. The maximum Gasteiger partial charge on any atom is 0.311 e. The lowest BCUT2D eigenvalue weighted by molar-refractivity contribution is -0.153. The molecule has 1 spiro atoms. The van der Waals surface area contributed by atoms with Gasteiger partial charge in [-0.15, -0.1) is 0 Å². The number of amides is 1. The van der Waals surface area contributed by atoms with Crippen molar-refractivity contribution in [2.24, 2.45) is 5.92 Å². The van der Waals surface area contributed by atoms with Crippen molar-refractivity contribution in [3.8, 4) is 0 Å². The summed E-state index contributed by atoms with van der Waals surface area (Å²) in [6, 6.07) is 8.14. The number of carbonyl (C=O) groups excluding carboxylic acids is 2. The molecule has 0 N–H and O–H groups in total. The summed E-state index contributed by atoms with van der Waals surface area (Å²) in [6.45, 7) is 0.867. The van der Waals surface area contributed by atoms with Crippen LogP contribution in [0.5, 0.6) is 0 Å². The lowest BCUT2D eigenvalue weighted by Gasteiger charge is -2.36. The van der Waals surface area contributed by atoms with Crippen molar-refractivity contribution in [2.75, 3.05) is 25.6 Å². The first-order valence-electron chi connectivity index (χ1n) is 7.84. The number of hydrogen-bond donors (Lipinski definition) is 0. The van der Waals surface area contributed by atoms with Gasteiger partial charge in [0, 0.05) is 24.3 Å². The molecule has 1 amide bonds. The zero-order chi connectivity index (χ0) is 15.5. The summed E-state index contributed by atoms with van der Waals surface area (Å²) in [5.74, 6) is -0.678. The molecule has 0 unspecified atom stereocenters. The van der Waals surface area contributed by atoms with E-state index >= 15 is 0 Å². The van der Waals surface area contributed by atoms with Gasteiger partial charge in [-0.05, 0) is 31.9 Å². The van der Waals surface area contributed by atoms with Crippen molar-refractivity contribution in [1.29, 1.82) is 0 Å². The zero-order valence-corrected chi connectivity index (χ0v) is 12.9. The average molecular weight is 300 g/mol. The third-order valence-electron chi connectivity index (χ3n) is 5.63. The van der Waals surface area contributed by atoms with E-state index in [-0.39, 0.29) is 11.9 Å². The molecule has 0 saturated carbocycles. The number of ether oxygens (including phenoxy) is 1. The van der Waals surface area contributed by atoms with Gasteiger partial charge in [-0.2, -0.15) is 0 Å². The van der Waals surface area contributed by atoms with Gasteiger partial charge in [-0.1, -0.05) is 18.2 Å². The maximum atomic E-state index is 13.2. The van der Waals surface area contributed by atoms with Crippen LogP contribution in [-0.2, 0) is 19.9 Å². The van der Waals surface area contributed by atoms with Crippen LogP contribution in [0.1, 0.15) is 24.8 Å². The van der Waals surface area contributed by atoms with E-state index in [1.165, 1.54) is 7.11 Å². The number of carbonyl (C=O) groups is 2. The Hall–Kier alpha value is -1.88. The Labute approximate surface area is 129 Å². The predicted molar refractivity (Wildman–Crippen MR) is 81.4 cm³/mol. The summed E-state index contributed by atoms with van der Waals surface area (Å²) in [4.78, 5) is 29.6. The van der Waals surface area contributed by atoms with E-state index in [1.54, 1.807) is 11.9 Å². The van der Waals surface area contributed by atoms with Crippen LogP contribution in [0.25, 0.3) is 0 Å². The zero-order valence-electron chi connectivity index (χ0n) is 12.9. The van der Waals surface area contributed by atoms with Crippen LogP contribution in [0, 0.1) is 5.92 Å². The quantitative estimate of drug-likeness (QED) is 0.738. The molecule has 3 aliphatic heterocycles. The number of benzene rings is 1. The standard InChI is InChI=1S/C17H20N2O3/c1-18-14-8-4-3-7-12(14)17(16(18)21)13(15(20)22-2)10-11-6-5-9-19(11)17/h3-4,7-8,11,13H,5-6,9-10H2,1-2H3/t11-,13+,17-/m1/s1. The minimum atomic E-state index is -0.862. The number of methoxy groups -OCH3 is 1. The van der Waals surface area contributed by atoms with E-state index in [0.29, 0.717) is 12.5 Å². The van der Waals surface area contributed by atoms with Crippen LogP contribution in [-0.4, -0.2) is 43.5 Å². The number of nitrogens with zero attached hydrogens (tertiary/aromatic N) is 2. The topological polar surface area (TPSA) is 49.9 Å². The normalized spacial score (nSPS) is 33.4. The fourth-order valence-corrected chi connectivity index (χ4v) is 4.78. The molecule has 1 aromatic carbocycles. The predicted octanol–water partition coefficient (Wildman–Crippen LogP) is 1.52. The molecule has 3 atom stereocenters. The van der Waals surface area contributed by atoms with Crippen molar-refractivity contribution in [1.82, 2.24) is 4.90 Å². The van der Waals surface area contributed by atoms with Crippen molar-refractivity contribution in [3.63, 3.8) is 0 Å². The molecule has 0 aliphatic carbocycles. The Balaban J connectivity index is 1.96. The fraction of sp³-hybridized carbons (Fsp3) is 0.529. The second-order valence-electron chi connectivity index (χ2n) is 6.45. The highest BCUT2D eigenvalue weighted by atomic mass is 16.5. The molecular weight excluding hydrogens is 280 g/mol. The molecule has 116 valence electrons. The van der Waals surface area contributed by atoms with Gasteiger partial charge < -0.3 is 9.64 Å². The van der Waals surface area contributed by atoms with Gasteiger partial charge in [0.05, 0.1) is 13.0 Å². The van der Waals surface area contributed by atoms with Gasteiger partial charge >= 0.3 is 5.97 Å². The first-order chi connectivity index (χ1) is 10.6. The molecule has 1 aromatic rings. The molecule has 3 aliphatic rings. The fourth-order valence-electron chi connectivity index (χ4n) is 4.78. The molecule has 0 aromatic heterocycles. The summed E-state index contributed by atoms with van der Waals surface area (Å²) in [6.07, 6.45) is 2.84. The molecule has 4 rings (SSSR count). The van der Waals surface area contributed by atoms with Crippen LogP contribution < -0.4 is 4.90 Å². The summed E-state index contributed by atoms with van der Waals surface area (Å²) in [7, 11) is 3.21. The molecule has 3 heterocycles. The van der Waals surface area contributed by atoms with Crippen LogP contribution in [0.3, 0.4) is 0 Å². The first kappa shape index (κ1) is 13.8. The summed E-state index contributed by atoms with van der Waals surface area (Å²) in [5.41, 5.74) is 1.01. The van der Waals surface area contributed by atoms with E-state index < -0.39 is 11.5 Å². The average Bonchev–Trinajstić information content (AvgIpc) is 3.17.